The van der Waals surface area contributed by atoms with Crippen molar-refractivity contribution in [1.82, 2.24) is 35.4 Å². The maximum atomic E-state index is 13.7. The zero-order valence-corrected chi connectivity index (χ0v) is 16.7. The molecule has 0 atom stereocenters. The highest BCUT2D eigenvalue weighted by Crippen LogP contribution is 2.30. The van der Waals surface area contributed by atoms with Crippen LogP contribution < -0.4 is 0 Å². The summed E-state index contributed by atoms with van der Waals surface area (Å²) in [5.41, 5.74) is 3.79. The number of H-pyrrole nitrogens is 1. The fraction of sp³-hybridized carbons (Fsp3) is 0.286. The van der Waals surface area contributed by atoms with Gasteiger partial charge in [0, 0.05) is 18.9 Å². The molecule has 0 radical (unpaired) electrons. The van der Waals surface area contributed by atoms with Crippen LogP contribution in [-0.4, -0.2) is 35.4 Å². The van der Waals surface area contributed by atoms with E-state index >= 15 is 0 Å². The van der Waals surface area contributed by atoms with Crippen molar-refractivity contribution in [2.45, 2.75) is 39.2 Å². The number of hydrogen-bond acceptors (Lipinski definition) is 5. The Labute approximate surface area is 172 Å². The van der Waals surface area contributed by atoms with Gasteiger partial charge in [0.25, 0.3) is 0 Å². The van der Waals surface area contributed by atoms with E-state index in [1.165, 1.54) is 0 Å². The molecule has 0 aliphatic carbocycles. The first-order valence-corrected chi connectivity index (χ1v) is 9.70. The van der Waals surface area contributed by atoms with E-state index in [1.807, 2.05) is 55.5 Å². The van der Waals surface area contributed by atoms with Crippen LogP contribution >= 0.6 is 0 Å². The largest absolute Gasteiger partial charge is 0.305 e. The summed E-state index contributed by atoms with van der Waals surface area (Å²) in [4.78, 5) is 4.05. The lowest BCUT2D eigenvalue weighted by molar-refractivity contribution is 0.00756. The minimum atomic E-state index is -3.06. The third-order valence-electron chi connectivity index (χ3n) is 4.73. The van der Waals surface area contributed by atoms with Gasteiger partial charge in [-0.05, 0) is 28.3 Å². The number of nitrogens with zero attached hydrogens (tertiary/aromatic N) is 6. The van der Waals surface area contributed by atoms with Gasteiger partial charge in [0.15, 0.2) is 0 Å². The van der Waals surface area contributed by atoms with Crippen molar-refractivity contribution in [3.05, 3.63) is 65.7 Å². The van der Waals surface area contributed by atoms with Crippen molar-refractivity contribution < 1.29 is 8.78 Å². The third kappa shape index (κ3) is 4.10. The summed E-state index contributed by atoms with van der Waals surface area (Å²) < 4.78 is 28.9. The molecular weight excluding hydrogens is 388 g/mol. The van der Waals surface area contributed by atoms with Crippen molar-refractivity contribution in [2.75, 3.05) is 0 Å². The van der Waals surface area contributed by atoms with E-state index in [0.29, 0.717) is 24.6 Å². The lowest BCUT2D eigenvalue weighted by Crippen LogP contribution is -2.11. The number of benzene rings is 2. The van der Waals surface area contributed by atoms with E-state index in [0.717, 1.165) is 35.6 Å². The van der Waals surface area contributed by atoms with Gasteiger partial charge in [0.2, 0.25) is 11.6 Å². The average molecular weight is 409 g/mol. The maximum Gasteiger partial charge on any atom is 0.305 e. The van der Waals surface area contributed by atoms with Gasteiger partial charge in [0.05, 0.1) is 6.54 Å². The van der Waals surface area contributed by atoms with Crippen molar-refractivity contribution in [2.24, 2.45) is 0 Å². The molecule has 0 amide bonds. The molecule has 0 fully saturated rings. The summed E-state index contributed by atoms with van der Waals surface area (Å²) in [6, 6.07) is 15.7. The molecule has 7 nitrogen and oxygen atoms in total. The molecular formula is C21H21F2N7. The van der Waals surface area contributed by atoms with E-state index < -0.39 is 11.7 Å². The van der Waals surface area contributed by atoms with E-state index in [9.17, 15) is 8.78 Å². The summed E-state index contributed by atoms with van der Waals surface area (Å²) in [5, 5.41) is 18.3. The van der Waals surface area contributed by atoms with E-state index in [1.54, 1.807) is 4.68 Å². The Morgan fingerprint density at radius 2 is 1.77 bits per heavy atom. The molecule has 2 heterocycles. The van der Waals surface area contributed by atoms with Gasteiger partial charge in [-0.25, -0.2) is 9.67 Å². The Balaban J connectivity index is 1.61. The van der Waals surface area contributed by atoms with Crippen LogP contribution in [0, 0.1) is 0 Å². The van der Waals surface area contributed by atoms with Crippen LogP contribution in [0.25, 0.3) is 22.5 Å². The highest BCUT2D eigenvalue weighted by Gasteiger charge is 2.31. The van der Waals surface area contributed by atoms with Gasteiger partial charge in [-0.1, -0.05) is 55.5 Å². The van der Waals surface area contributed by atoms with E-state index in [4.69, 9.17) is 0 Å². The molecule has 1 N–H and O–H groups in total. The maximum absolute atomic E-state index is 13.7. The lowest BCUT2D eigenvalue weighted by Gasteiger charge is -2.09. The molecule has 0 bridgehead atoms. The van der Waals surface area contributed by atoms with Crippen LogP contribution in [0.2, 0.25) is 0 Å². The molecule has 9 heteroatoms. The summed E-state index contributed by atoms with van der Waals surface area (Å²) in [6.07, 6.45) is 1.40. The molecule has 2 aromatic heterocycles. The predicted octanol–water partition coefficient (Wildman–Crippen LogP) is 4.24. The van der Waals surface area contributed by atoms with Crippen LogP contribution in [0.4, 0.5) is 8.78 Å². The molecule has 0 spiro atoms. The molecule has 154 valence electrons. The topological polar surface area (TPSA) is 85.2 Å². The minimum Gasteiger partial charge on any atom is -0.245 e. The van der Waals surface area contributed by atoms with Gasteiger partial charge in [-0.2, -0.15) is 14.0 Å². The normalized spacial score (nSPS) is 11.7. The highest BCUT2D eigenvalue weighted by atomic mass is 19.3. The second-order valence-corrected chi connectivity index (χ2v) is 7.13. The van der Waals surface area contributed by atoms with Crippen LogP contribution in [0.1, 0.15) is 37.5 Å². The number of rotatable bonds is 7. The molecule has 0 aliphatic rings. The predicted molar refractivity (Wildman–Crippen MR) is 108 cm³/mol. The first-order chi connectivity index (χ1) is 14.5. The van der Waals surface area contributed by atoms with Crippen molar-refractivity contribution in [3.8, 4) is 22.5 Å². The molecule has 0 saturated carbocycles. The highest BCUT2D eigenvalue weighted by molar-refractivity contribution is 5.80. The third-order valence-corrected chi connectivity index (χ3v) is 4.73. The zero-order chi connectivity index (χ0) is 21.1. The first kappa shape index (κ1) is 19.8. The smallest absolute Gasteiger partial charge is 0.245 e. The summed E-state index contributed by atoms with van der Waals surface area (Å²) in [7, 11) is 0. The SMILES string of the molecule is CCCc1nc(C(C)(F)F)nn1Cc1ccc(-c2ccccc2-c2nn[nH]n2)cc1. The Hall–Kier alpha value is -3.49. The van der Waals surface area contributed by atoms with Crippen molar-refractivity contribution in [1.29, 1.82) is 0 Å². The molecule has 4 aromatic rings. The van der Waals surface area contributed by atoms with Gasteiger partial charge in [0.1, 0.15) is 5.82 Å². The molecule has 0 saturated heterocycles. The number of hydrogen-bond donors (Lipinski definition) is 1. The van der Waals surface area contributed by atoms with Gasteiger partial charge in [-0.3, -0.25) is 0 Å². The minimum absolute atomic E-state index is 0.380. The number of halogens is 2. The van der Waals surface area contributed by atoms with Crippen LogP contribution in [0.3, 0.4) is 0 Å². The second-order valence-electron chi connectivity index (χ2n) is 7.13. The second kappa shape index (κ2) is 8.10. The van der Waals surface area contributed by atoms with Gasteiger partial charge >= 0.3 is 5.92 Å². The molecule has 0 aliphatic heterocycles. The fourth-order valence-electron chi connectivity index (χ4n) is 3.26. The quantitative estimate of drug-likeness (QED) is 0.494. The number of alkyl halides is 2. The fourth-order valence-corrected chi connectivity index (χ4v) is 3.26. The standard InChI is InChI=1S/C21H21F2N7/c1-3-6-18-24-20(21(2,22)23)27-30(18)13-14-9-11-15(12-10-14)16-7-4-5-8-17(16)19-25-28-29-26-19/h4-5,7-12H,3,6,13H2,1-2H3,(H,25,26,28,29). The number of tetrazole rings is 1. The molecule has 0 unspecified atom stereocenters. The zero-order valence-electron chi connectivity index (χ0n) is 16.7. The van der Waals surface area contributed by atoms with Crippen molar-refractivity contribution in [3.63, 3.8) is 0 Å². The van der Waals surface area contributed by atoms with Crippen LogP contribution in [0.5, 0.6) is 0 Å². The molecule has 2 aromatic carbocycles. The number of aromatic nitrogens is 7. The van der Waals surface area contributed by atoms with E-state index in [-0.39, 0.29) is 0 Å². The molecule has 4 rings (SSSR count). The number of aryl methyl sites for hydroxylation is 1. The number of nitrogens with one attached hydrogen (secondary N) is 1. The van der Waals surface area contributed by atoms with Crippen LogP contribution in [-0.2, 0) is 18.9 Å². The Bertz CT molecular complexity index is 1110. The molecule has 30 heavy (non-hydrogen) atoms. The lowest BCUT2D eigenvalue weighted by atomic mass is 9.98. The van der Waals surface area contributed by atoms with Gasteiger partial charge < -0.3 is 0 Å². The Morgan fingerprint density at radius 3 is 2.40 bits per heavy atom. The summed E-state index contributed by atoms with van der Waals surface area (Å²) in [5.74, 6) is -2.40. The first-order valence-electron chi connectivity index (χ1n) is 9.70. The number of aromatic amines is 1. The van der Waals surface area contributed by atoms with Crippen molar-refractivity contribution >= 4 is 0 Å². The summed E-state index contributed by atoms with van der Waals surface area (Å²) in [6.45, 7) is 3.18. The average Bonchev–Trinajstić information content (AvgIpc) is 3.39. The monoisotopic (exact) mass is 409 g/mol. The van der Waals surface area contributed by atoms with Crippen LogP contribution in [0.15, 0.2) is 48.5 Å². The van der Waals surface area contributed by atoms with E-state index in [2.05, 4.69) is 30.7 Å². The van der Waals surface area contributed by atoms with Gasteiger partial charge in [-0.15, -0.1) is 15.3 Å². The Kier molecular flexibility index (Phi) is 5.35. The summed E-state index contributed by atoms with van der Waals surface area (Å²) >= 11 is 0. The Morgan fingerprint density at radius 1 is 1.03 bits per heavy atom.